The molecule has 5 heteroatoms. The third-order valence-corrected chi connectivity index (χ3v) is 4.05. The number of aryl methyl sites for hydroxylation is 1. The van der Waals surface area contributed by atoms with Gasteiger partial charge in [-0.25, -0.2) is 9.78 Å². The van der Waals surface area contributed by atoms with E-state index in [1.54, 1.807) is 12.1 Å². The number of para-hydroxylation sites is 1. The number of hydrogen-bond acceptors (Lipinski definition) is 3. The summed E-state index contributed by atoms with van der Waals surface area (Å²) in [6, 6.07) is 5.27. The molecule has 1 aliphatic heterocycles. The molecule has 21 heavy (non-hydrogen) atoms. The Morgan fingerprint density at radius 1 is 1.48 bits per heavy atom. The minimum atomic E-state index is -0.908. The van der Waals surface area contributed by atoms with Crippen LogP contribution in [0.15, 0.2) is 18.2 Å². The fourth-order valence-corrected chi connectivity index (χ4v) is 3.03. The minimum absolute atomic E-state index is 0.156. The van der Waals surface area contributed by atoms with E-state index in [9.17, 15) is 9.90 Å². The fourth-order valence-electron chi connectivity index (χ4n) is 3.03. The van der Waals surface area contributed by atoms with E-state index in [-0.39, 0.29) is 6.10 Å². The van der Waals surface area contributed by atoms with Crippen LogP contribution in [0.3, 0.4) is 0 Å². The standard InChI is InChI=1S/C16H20N2O3/c1-2-14-17-13-8-5-7-12(16(19)20)15(13)18(14)10-11-6-3-4-9-21-11/h5,7-8,11H,2-4,6,9-10H2,1H3,(H,19,20). The molecule has 1 N–H and O–H groups in total. The van der Waals surface area contributed by atoms with E-state index in [4.69, 9.17) is 4.74 Å². The molecule has 0 bridgehead atoms. The van der Waals surface area contributed by atoms with E-state index >= 15 is 0 Å². The Bertz CT molecular complexity index is 657. The molecule has 0 aliphatic carbocycles. The van der Waals surface area contributed by atoms with Crippen LogP contribution in [0, 0.1) is 0 Å². The Hall–Kier alpha value is -1.88. The number of ether oxygens (including phenoxy) is 1. The number of rotatable bonds is 4. The lowest BCUT2D eigenvalue weighted by Crippen LogP contribution is -2.25. The molecule has 0 amide bonds. The zero-order chi connectivity index (χ0) is 14.8. The van der Waals surface area contributed by atoms with Crippen molar-refractivity contribution in [2.24, 2.45) is 0 Å². The van der Waals surface area contributed by atoms with Gasteiger partial charge in [-0.1, -0.05) is 13.0 Å². The molecule has 2 heterocycles. The zero-order valence-corrected chi connectivity index (χ0v) is 12.2. The first-order valence-corrected chi connectivity index (χ1v) is 7.53. The van der Waals surface area contributed by atoms with Crippen molar-refractivity contribution in [1.29, 1.82) is 0 Å². The van der Waals surface area contributed by atoms with Crippen molar-refractivity contribution < 1.29 is 14.6 Å². The Morgan fingerprint density at radius 2 is 2.33 bits per heavy atom. The summed E-state index contributed by atoms with van der Waals surface area (Å²) in [6.45, 7) is 3.52. The quantitative estimate of drug-likeness (QED) is 0.939. The van der Waals surface area contributed by atoms with Crippen molar-refractivity contribution in [2.45, 2.75) is 45.3 Å². The van der Waals surface area contributed by atoms with Crippen LogP contribution in [-0.2, 0) is 17.7 Å². The van der Waals surface area contributed by atoms with Crippen molar-refractivity contribution in [3.8, 4) is 0 Å². The van der Waals surface area contributed by atoms with Gasteiger partial charge in [0.2, 0.25) is 0 Å². The van der Waals surface area contributed by atoms with Crippen LogP contribution in [0.1, 0.15) is 42.4 Å². The summed E-state index contributed by atoms with van der Waals surface area (Å²) >= 11 is 0. The molecular formula is C16H20N2O3. The molecule has 2 aromatic rings. The summed E-state index contributed by atoms with van der Waals surface area (Å²) in [4.78, 5) is 16.1. The lowest BCUT2D eigenvalue weighted by Gasteiger charge is -2.24. The van der Waals surface area contributed by atoms with E-state index in [1.807, 2.05) is 17.6 Å². The molecule has 1 unspecified atom stereocenters. The summed E-state index contributed by atoms with van der Waals surface area (Å²) < 4.78 is 7.84. The van der Waals surface area contributed by atoms with E-state index in [1.165, 1.54) is 6.42 Å². The highest BCUT2D eigenvalue weighted by Crippen LogP contribution is 2.24. The van der Waals surface area contributed by atoms with Gasteiger partial charge in [-0.15, -0.1) is 0 Å². The number of carbonyl (C=O) groups is 1. The summed E-state index contributed by atoms with van der Waals surface area (Å²) in [5, 5.41) is 9.42. The number of imidazole rings is 1. The topological polar surface area (TPSA) is 64.3 Å². The number of nitrogens with zero attached hydrogens (tertiary/aromatic N) is 2. The minimum Gasteiger partial charge on any atom is -0.478 e. The third kappa shape index (κ3) is 2.65. The molecule has 0 radical (unpaired) electrons. The van der Waals surface area contributed by atoms with Crippen LogP contribution in [0.4, 0.5) is 0 Å². The second kappa shape index (κ2) is 5.85. The maximum absolute atomic E-state index is 11.5. The van der Waals surface area contributed by atoms with Gasteiger partial charge in [0.25, 0.3) is 0 Å². The Labute approximate surface area is 123 Å². The molecule has 1 atom stereocenters. The summed E-state index contributed by atoms with van der Waals surface area (Å²) in [6.07, 6.45) is 4.24. The smallest absolute Gasteiger partial charge is 0.337 e. The molecule has 3 rings (SSSR count). The molecule has 1 aromatic carbocycles. The first-order chi connectivity index (χ1) is 10.2. The summed E-state index contributed by atoms with van der Waals surface area (Å²) in [7, 11) is 0. The first-order valence-electron chi connectivity index (χ1n) is 7.53. The van der Waals surface area contributed by atoms with Gasteiger partial charge in [-0.2, -0.15) is 0 Å². The number of carboxylic acid groups (broad SMARTS) is 1. The molecule has 1 aliphatic rings. The van der Waals surface area contributed by atoms with Crippen LogP contribution in [0.5, 0.6) is 0 Å². The van der Waals surface area contributed by atoms with E-state index < -0.39 is 5.97 Å². The average Bonchev–Trinajstić information content (AvgIpc) is 2.86. The SMILES string of the molecule is CCc1nc2cccc(C(=O)O)c2n1CC1CCCCO1. The highest BCUT2D eigenvalue weighted by molar-refractivity contribution is 6.01. The van der Waals surface area contributed by atoms with Gasteiger partial charge < -0.3 is 14.4 Å². The first kappa shape index (κ1) is 14.1. The lowest BCUT2D eigenvalue weighted by atomic mass is 10.1. The number of aromatic carboxylic acids is 1. The van der Waals surface area contributed by atoms with Crippen LogP contribution in [0.25, 0.3) is 11.0 Å². The number of carboxylic acids is 1. The molecule has 1 fully saturated rings. The van der Waals surface area contributed by atoms with Crippen molar-refractivity contribution >= 4 is 17.0 Å². The summed E-state index contributed by atoms with van der Waals surface area (Å²) in [5.74, 6) is 0.0156. The maximum Gasteiger partial charge on any atom is 0.337 e. The molecule has 5 nitrogen and oxygen atoms in total. The van der Waals surface area contributed by atoms with Crippen LogP contribution in [0.2, 0.25) is 0 Å². The predicted molar refractivity (Wildman–Crippen MR) is 79.7 cm³/mol. The van der Waals surface area contributed by atoms with Gasteiger partial charge in [-0.3, -0.25) is 0 Å². The van der Waals surface area contributed by atoms with Crippen LogP contribution >= 0.6 is 0 Å². The van der Waals surface area contributed by atoms with Crippen LogP contribution in [-0.4, -0.2) is 33.3 Å². The van der Waals surface area contributed by atoms with Gasteiger partial charge in [0.05, 0.1) is 29.2 Å². The molecule has 1 aromatic heterocycles. The van der Waals surface area contributed by atoms with Crippen LogP contribution < -0.4 is 0 Å². The third-order valence-electron chi connectivity index (χ3n) is 4.05. The Kier molecular flexibility index (Phi) is 3.92. The Balaban J connectivity index is 2.07. The monoisotopic (exact) mass is 288 g/mol. The van der Waals surface area contributed by atoms with Gasteiger partial charge in [-0.05, 0) is 31.4 Å². The maximum atomic E-state index is 11.5. The fraction of sp³-hybridized carbons (Fsp3) is 0.500. The van der Waals surface area contributed by atoms with Gasteiger partial charge >= 0.3 is 5.97 Å². The number of aromatic nitrogens is 2. The number of fused-ring (bicyclic) bond motifs is 1. The highest BCUT2D eigenvalue weighted by atomic mass is 16.5. The van der Waals surface area contributed by atoms with Crippen molar-refractivity contribution in [2.75, 3.05) is 6.61 Å². The number of hydrogen-bond donors (Lipinski definition) is 1. The normalized spacial score (nSPS) is 19.0. The average molecular weight is 288 g/mol. The van der Waals surface area contributed by atoms with E-state index in [0.717, 1.165) is 42.7 Å². The van der Waals surface area contributed by atoms with Gasteiger partial charge in [0, 0.05) is 13.0 Å². The molecule has 112 valence electrons. The second-order valence-corrected chi connectivity index (χ2v) is 5.46. The lowest BCUT2D eigenvalue weighted by molar-refractivity contribution is 0.00617. The van der Waals surface area contributed by atoms with E-state index in [0.29, 0.717) is 12.1 Å². The largest absolute Gasteiger partial charge is 0.478 e. The molecule has 0 spiro atoms. The molecule has 1 saturated heterocycles. The highest BCUT2D eigenvalue weighted by Gasteiger charge is 2.21. The Morgan fingerprint density at radius 3 is 3.00 bits per heavy atom. The number of benzene rings is 1. The van der Waals surface area contributed by atoms with Crippen molar-refractivity contribution in [3.63, 3.8) is 0 Å². The van der Waals surface area contributed by atoms with Crippen molar-refractivity contribution in [1.82, 2.24) is 9.55 Å². The van der Waals surface area contributed by atoms with Gasteiger partial charge in [0.15, 0.2) is 0 Å². The molecular weight excluding hydrogens is 268 g/mol. The van der Waals surface area contributed by atoms with Crippen molar-refractivity contribution in [3.05, 3.63) is 29.6 Å². The second-order valence-electron chi connectivity index (χ2n) is 5.46. The zero-order valence-electron chi connectivity index (χ0n) is 12.2. The van der Waals surface area contributed by atoms with E-state index in [2.05, 4.69) is 4.98 Å². The summed E-state index contributed by atoms with van der Waals surface area (Å²) in [5.41, 5.74) is 1.79. The predicted octanol–water partition coefficient (Wildman–Crippen LogP) is 2.87. The van der Waals surface area contributed by atoms with Gasteiger partial charge in [0.1, 0.15) is 5.82 Å². The molecule has 0 saturated carbocycles.